The minimum Gasteiger partial charge on any atom is -0.480 e. The van der Waals surface area contributed by atoms with Gasteiger partial charge in [0.1, 0.15) is 18.0 Å². The van der Waals surface area contributed by atoms with Crippen molar-refractivity contribution < 1.29 is 23.8 Å². The number of aryl methyl sites for hydroxylation is 2. The number of carbonyl (C=O) groups is 2. The van der Waals surface area contributed by atoms with Gasteiger partial charge in [-0.3, -0.25) is 14.8 Å². The molecular weight excluding hydrogens is 437 g/mol. The molecule has 1 N–H and O–H groups in total. The number of nitrogens with zero attached hydrogens (tertiary/aromatic N) is 3. The molecule has 8 heteroatoms. The zero-order valence-electron chi connectivity index (χ0n) is 19.2. The third kappa shape index (κ3) is 4.51. The molecule has 1 unspecified atom stereocenters. The molecule has 1 aromatic carbocycles. The second-order valence-electron chi connectivity index (χ2n) is 9.49. The van der Waals surface area contributed by atoms with Gasteiger partial charge in [-0.2, -0.15) is 0 Å². The van der Waals surface area contributed by atoms with Gasteiger partial charge < -0.3 is 9.84 Å². The molecule has 2 aliphatic carbocycles. The molecule has 3 aliphatic rings. The molecule has 2 heterocycles. The van der Waals surface area contributed by atoms with Gasteiger partial charge in [-0.25, -0.2) is 14.0 Å². The average molecular weight is 468 g/mol. The molecule has 7 nitrogen and oxygen atoms in total. The monoisotopic (exact) mass is 467 g/mol. The summed E-state index contributed by atoms with van der Waals surface area (Å²) in [5.41, 5.74) is 3.81. The van der Waals surface area contributed by atoms with Crippen molar-refractivity contribution >= 4 is 12.1 Å². The van der Waals surface area contributed by atoms with E-state index < -0.39 is 18.1 Å². The summed E-state index contributed by atoms with van der Waals surface area (Å²) in [4.78, 5) is 33.1. The fourth-order valence-corrected chi connectivity index (χ4v) is 5.61. The number of carboxylic acids is 1. The van der Waals surface area contributed by atoms with Gasteiger partial charge in [-0.1, -0.05) is 30.7 Å². The average Bonchev–Trinajstić information content (AvgIpc) is 3.01. The molecule has 2 aromatic rings. The fraction of sp³-hybridized carbons (Fsp3) is 0.500. The van der Waals surface area contributed by atoms with Crippen molar-refractivity contribution in [2.45, 2.75) is 63.1 Å². The summed E-state index contributed by atoms with van der Waals surface area (Å²) >= 11 is 0. The lowest BCUT2D eigenvalue weighted by Gasteiger charge is -2.43. The number of amides is 1. The van der Waals surface area contributed by atoms with E-state index in [-0.39, 0.29) is 31.1 Å². The first-order valence-corrected chi connectivity index (χ1v) is 12.2. The van der Waals surface area contributed by atoms with E-state index in [0.29, 0.717) is 13.0 Å². The summed E-state index contributed by atoms with van der Waals surface area (Å²) in [6.07, 6.45) is 6.87. The third-order valence-corrected chi connectivity index (χ3v) is 7.36. The molecule has 0 spiro atoms. The van der Waals surface area contributed by atoms with Crippen LogP contribution in [0.3, 0.4) is 0 Å². The SMILES string of the molecule is O=C(O)[C@H]1CN(C2c3ccccc3CCc3cc(F)cnc32)CCN1C(=O)OC1CCCCC1. The van der Waals surface area contributed by atoms with Gasteiger partial charge in [0, 0.05) is 19.6 Å². The fourth-order valence-electron chi connectivity index (χ4n) is 5.61. The number of aliphatic carboxylic acids is 1. The molecule has 2 atom stereocenters. The van der Waals surface area contributed by atoms with Crippen LogP contribution < -0.4 is 0 Å². The normalized spacial score (nSPS) is 23.5. The van der Waals surface area contributed by atoms with Crippen LogP contribution in [0.15, 0.2) is 36.5 Å². The number of hydrogen-bond donors (Lipinski definition) is 1. The Kier molecular flexibility index (Phi) is 6.50. The Morgan fingerprint density at radius 2 is 1.82 bits per heavy atom. The highest BCUT2D eigenvalue weighted by Gasteiger charge is 2.41. The number of rotatable bonds is 3. The molecular formula is C26H30FN3O4. The number of benzene rings is 1. The molecule has 5 rings (SSSR count). The van der Waals surface area contributed by atoms with Gasteiger partial charge in [-0.05, 0) is 61.3 Å². The van der Waals surface area contributed by atoms with Gasteiger partial charge in [0.05, 0.1) is 17.9 Å². The maximum atomic E-state index is 14.0. The number of pyridine rings is 1. The first kappa shape index (κ1) is 22.8. The summed E-state index contributed by atoms with van der Waals surface area (Å²) in [5.74, 6) is -1.43. The van der Waals surface area contributed by atoms with E-state index in [2.05, 4.69) is 16.0 Å². The first-order chi connectivity index (χ1) is 16.5. The standard InChI is InChI=1S/C26H30FN3O4/c27-19-14-18-11-10-17-6-4-5-9-21(17)24(23(18)28-15-19)29-12-13-30(22(16-29)25(31)32)26(33)34-20-7-2-1-3-8-20/h4-6,9,14-15,20,22,24H,1-3,7-8,10-13,16H2,(H,31,32)/t22-,24?/m1/s1. The van der Waals surface area contributed by atoms with Gasteiger partial charge in [-0.15, -0.1) is 0 Å². The number of carbonyl (C=O) groups excluding carboxylic acids is 1. The summed E-state index contributed by atoms with van der Waals surface area (Å²) < 4.78 is 19.7. The van der Waals surface area contributed by atoms with Gasteiger partial charge >= 0.3 is 12.1 Å². The van der Waals surface area contributed by atoms with Gasteiger partial charge in [0.25, 0.3) is 0 Å². The Balaban J connectivity index is 1.42. The van der Waals surface area contributed by atoms with Crippen LogP contribution in [0.25, 0.3) is 0 Å². The van der Waals surface area contributed by atoms with E-state index in [1.165, 1.54) is 17.2 Å². The maximum Gasteiger partial charge on any atom is 0.410 e. The minimum atomic E-state index is -1.06. The number of aromatic nitrogens is 1. The Labute approximate surface area is 198 Å². The molecule has 180 valence electrons. The van der Waals surface area contributed by atoms with Crippen molar-refractivity contribution in [3.8, 4) is 0 Å². The van der Waals surface area contributed by atoms with Crippen LogP contribution in [0.1, 0.15) is 60.5 Å². The van der Waals surface area contributed by atoms with Crippen LogP contribution in [-0.2, 0) is 22.4 Å². The predicted molar refractivity (Wildman–Crippen MR) is 123 cm³/mol. The lowest BCUT2D eigenvalue weighted by atomic mass is 9.95. The number of piperazine rings is 1. The van der Waals surface area contributed by atoms with Crippen LogP contribution in [0.4, 0.5) is 9.18 Å². The number of fused-ring (bicyclic) bond motifs is 2. The summed E-state index contributed by atoms with van der Waals surface area (Å²) in [5, 5.41) is 10.0. The topological polar surface area (TPSA) is 83.0 Å². The molecule has 1 aromatic heterocycles. The second-order valence-corrected chi connectivity index (χ2v) is 9.49. The van der Waals surface area contributed by atoms with Crippen molar-refractivity contribution in [2.75, 3.05) is 19.6 Å². The molecule has 1 saturated carbocycles. The molecule has 0 radical (unpaired) electrons. The zero-order valence-corrected chi connectivity index (χ0v) is 19.2. The second kappa shape index (κ2) is 9.70. The highest BCUT2D eigenvalue weighted by atomic mass is 19.1. The largest absolute Gasteiger partial charge is 0.480 e. The Bertz CT molecular complexity index is 1070. The van der Waals surface area contributed by atoms with E-state index >= 15 is 0 Å². The smallest absolute Gasteiger partial charge is 0.410 e. The van der Waals surface area contributed by atoms with Crippen molar-refractivity contribution in [2.24, 2.45) is 0 Å². The quantitative estimate of drug-likeness (QED) is 0.736. The highest BCUT2D eigenvalue weighted by molar-refractivity contribution is 5.80. The molecule has 2 fully saturated rings. The van der Waals surface area contributed by atoms with Gasteiger partial charge in [0.15, 0.2) is 0 Å². The Morgan fingerprint density at radius 1 is 1.06 bits per heavy atom. The molecule has 1 aliphatic heterocycles. The summed E-state index contributed by atoms with van der Waals surface area (Å²) in [7, 11) is 0. The van der Waals surface area contributed by atoms with Crippen LogP contribution in [0, 0.1) is 5.82 Å². The number of hydrogen-bond acceptors (Lipinski definition) is 5. The van der Waals surface area contributed by atoms with Crippen LogP contribution in [0.2, 0.25) is 0 Å². The van der Waals surface area contributed by atoms with E-state index in [1.807, 2.05) is 18.2 Å². The van der Waals surface area contributed by atoms with E-state index in [0.717, 1.165) is 60.9 Å². The van der Waals surface area contributed by atoms with E-state index in [4.69, 9.17) is 4.74 Å². The highest BCUT2D eigenvalue weighted by Crippen LogP contribution is 2.37. The molecule has 0 bridgehead atoms. The lowest BCUT2D eigenvalue weighted by Crippen LogP contribution is -2.59. The number of carboxylic acid groups (broad SMARTS) is 1. The van der Waals surface area contributed by atoms with Crippen molar-refractivity contribution in [3.63, 3.8) is 0 Å². The van der Waals surface area contributed by atoms with Crippen LogP contribution in [-0.4, -0.2) is 63.7 Å². The van der Waals surface area contributed by atoms with Crippen molar-refractivity contribution in [1.82, 2.24) is 14.8 Å². The van der Waals surface area contributed by atoms with E-state index in [9.17, 15) is 19.1 Å². The minimum absolute atomic E-state index is 0.131. The van der Waals surface area contributed by atoms with Crippen LogP contribution in [0.5, 0.6) is 0 Å². The summed E-state index contributed by atoms with van der Waals surface area (Å²) in [6.45, 7) is 0.866. The van der Waals surface area contributed by atoms with Gasteiger partial charge in [0.2, 0.25) is 0 Å². The van der Waals surface area contributed by atoms with Crippen molar-refractivity contribution in [3.05, 3.63) is 64.7 Å². The molecule has 1 saturated heterocycles. The van der Waals surface area contributed by atoms with E-state index in [1.54, 1.807) is 0 Å². The molecule has 34 heavy (non-hydrogen) atoms. The lowest BCUT2D eigenvalue weighted by molar-refractivity contribution is -0.145. The Hall–Kier alpha value is -3.00. The predicted octanol–water partition coefficient (Wildman–Crippen LogP) is 3.95. The maximum absolute atomic E-state index is 14.0. The Morgan fingerprint density at radius 3 is 2.62 bits per heavy atom. The zero-order chi connectivity index (χ0) is 23.7. The molecule has 1 amide bonds. The summed E-state index contributed by atoms with van der Waals surface area (Å²) in [6, 6.07) is 8.27. The number of ether oxygens (including phenoxy) is 1. The van der Waals surface area contributed by atoms with Crippen molar-refractivity contribution in [1.29, 1.82) is 0 Å². The first-order valence-electron chi connectivity index (χ1n) is 12.2. The number of halogens is 1. The third-order valence-electron chi connectivity index (χ3n) is 7.36. The van der Waals surface area contributed by atoms with Crippen LogP contribution >= 0.6 is 0 Å².